The summed E-state index contributed by atoms with van der Waals surface area (Å²) in [6, 6.07) is 18.9. The lowest BCUT2D eigenvalue weighted by atomic mass is 10.0. The molecule has 0 unspecified atom stereocenters. The van der Waals surface area contributed by atoms with Gasteiger partial charge in [0.25, 0.3) is 5.91 Å². The highest BCUT2D eigenvalue weighted by Gasteiger charge is 2.05. The van der Waals surface area contributed by atoms with Gasteiger partial charge in [0, 0.05) is 19.2 Å². The number of carbonyl (C=O) groups is 2. The Balaban J connectivity index is 0.00000145. The fourth-order valence-electron chi connectivity index (χ4n) is 2.77. The van der Waals surface area contributed by atoms with E-state index >= 15 is 0 Å². The number of hydrogen-bond acceptors (Lipinski definition) is 5. The number of aryl methyl sites for hydroxylation is 1. The molecule has 3 rings (SSSR count). The van der Waals surface area contributed by atoms with Crippen LogP contribution in [-0.4, -0.2) is 38.1 Å². The van der Waals surface area contributed by atoms with Crippen LogP contribution in [0.4, 0.5) is 5.69 Å². The van der Waals surface area contributed by atoms with E-state index in [9.17, 15) is 9.59 Å². The molecule has 0 bridgehead atoms. The number of amides is 1. The maximum absolute atomic E-state index is 12.1. The molecule has 3 aromatic carbocycles. The number of hydrogen-bond donors (Lipinski definition) is 2. The minimum atomic E-state index is -0.236. The van der Waals surface area contributed by atoms with Crippen LogP contribution in [0.1, 0.15) is 12.0 Å². The van der Waals surface area contributed by atoms with Crippen LogP contribution >= 0.6 is 0 Å². The van der Waals surface area contributed by atoms with Crippen molar-refractivity contribution in [2.75, 3.05) is 26.1 Å². The molecule has 3 aromatic rings. The molecule has 0 aliphatic heterocycles. The van der Waals surface area contributed by atoms with Crippen LogP contribution in [0, 0.1) is 0 Å². The van der Waals surface area contributed by atoms with E-state index in [1.165, 1.54) is 0 Å². The van der Waals surface area contributed by atoms with E-state index < -0.39 is 0 Å². The van der Waals surface area contributed by atoms with Crippen molar-refractivity contribution in [2.45, 2.75) is 12.8 Å². The summed E-state index contributed by atoms with van der Waals surface area (Å²) in [4.78, 5) is 22.6. The Hall–Kier alpha value is -3.38. The average molecular weight is 395 g/mol. The topological polar surface area (TPSA) is 84.9 Å². The normalized spacial score (nSPS) is 9.90. The van der Waals surface area contributed by atoms with Gasteiger partial charge in [0.1, 0.15) is 17.8 Å². The van der Waals surface area contributed by atoms with Crippen LogP contribution in [-0.2, 0) is 16.0 Å². The van der Waals surface area contributed by atoms with E-state index in [0.717, 1.165) is 41.9 Å². The number of aliphatic hydroxyl groups excluding tert-OH is 1. The molecule has 6 nitrogen and oxygen atoms in total. The second-order valence-electron chi connectivity index (χ2n) is 6.11. The summed E-state index contributed by atoms with van der Waals surface area (Å²) in [5.74, 6) is 1.12. The summed E-state index contributed by atoms with van der Waals surface area (Å²) in [6.45, 7) is -0.0810. The molecular formula is C23H25NO5. The molecule has 0 heterocycles. The van der Waals surface area contributed by atoms with Crippen molar-refractivity contribution in [3.63, 3.8) is 0 Å². The molecule has 6 heteroatoms. The van der Waals surface area contributed by atoms with E-state index in [0.29, 0.717) is 17.9 Å². The van der Waals surface area contributed by atoms with Crippen molar-refractivity contribution >= 4 is 28.7 Å². The predicted molar refractivity (Wildman–Crippen MR) is 114 cm³/mol. The van der Waals surface area contributed by atoms with Crippen molar-refractivity contribution in [2.24, 2.45) is 0 Å². The first kappa shape index (κ1) is 21.9. The van der Waals surface area contributed by atoms with Crippen molar-refractivity contribution in [1.29, 1.82) is 0 Å². The SMILES string of the molecule is CO.COc1ccc(NC(=O)COc2ccc3ccc(CCC=O)cc3c2)cc1. The zero-order valence-corrected chi connectivity index (χ0v) is 16.6. The van der Waals surface area contributed by atoms with Gasteiger partial charge in [0.15, 0.2) is 6.61 Å². The molecule has 152 valence electrons. The van der Waals surface area contributed by atoms with Crippen LogP contribution in [0.15, 0.2) is 60.7 Å². The molecule has 0 fully saturated rings. The zero-order valence-electron chi connectivity index (χ0n) is 16.6. The first-order chi connectivity index (χ1) is 14.2. The van der Waals surface area contributed by atoms with Crippen LogP contribution in [0.5, 0.6) is 11.5 Å². The number of aldehydes is 1. The summed E-state index contributed by atoms with van der Waals surface area (Å²) in [6.07, 6.45) is 2.15. The Kier molecular flexibility index (Phi) is 8.66. The van der Waals surface area contributed by atoms with Gasteiger partial charge in [0.05, 0.1) is 7.11 Å². The average Bonchev–Trinajstić information content (AvgIpc) is 2.77. The third-order valence-corrected chi connectivity index (χ3v) is 4.17. The van der Waals surface area contributed by atoms with Gasteiger partial charge < -0.3 is 24.7 Å². The van der Waals surface area contributed by atoms with E-state index in [4.69, 9.17) is 14.6 Å². The fourth-order valence-corrected chi connectivity index (χ4v) is 2.77. The number of rotatable bonds is 8. The molecule has 0 spiro atoms. The van der Waals surface area contributed by atoms with Crippen LogP contribution < -0.4 is 14.8 Å². The minimum absolute atomic E-state index is 0.0810. The maximum atomic E-state index is 12.1. The molecular weight excluding hydrogens is 370 g/mol. The molecule has 0 saturated heterocycles. The number of methoxy groups -OCH3 is 1. The van der Waals surface area contributed by atoms with Gasteiger partial charge in [-0.05, 0) is 59.2 Å². The van der Waals surface area contributed by atoms with Crippen molar-refractivity contribution in [3.05, 3.63) is 66.2 Å². The van der Waals surface area contributed by atoms with Gasteiger partial charge in [-0.15, -0.1) is 0 Å². The second kappa shape index (κ2) is 11.5. The Labute approximate surface area is 170 Å². The van der Waals surface area contributed by atoms with E-state index in [1.807, 2.05) is 36.4 Å². The molecule has 0 radical (unpaired) electrons. The van der Waals surface area contributed by atoms with Crippen LogP contribution in [0.25, 0.3) is 10.8 Å². The number of carbonyl (C=O) groups excluding carboxylic acids is 2. The molecule has 0 aliphatic rings. The Bertz CT molecular complexity index is 938. The summed E-state index contributed by atoms with van der Waals surface area (Å²) in [5.41, 5.74) is 1.78. The first-order valence-corrected chi connectivity index (χ1v) is 9.16. The van der Waals surface area contributed by atoms with Gasteiger partial charge >= 0.3 is 0 Å². The summed E-state index contributed by atoms with van der Waals surface area (Å²) in [5, 5.41) is 11.9. The Morgan fingerprint density at radius 2 is 1.66 bits per heavy atom. The second-order valence-corrected chi connectivity index (χ2v) is 6.11. The number of ether oxygens (including phenoxy) is 2. The highest BCUT2D eigenvalue weighted by atomic mass is 16.5. The van der Waals surface area contributed by atoms with Crippen molar-refractivity contribution in [1.82, 2.24) is 0 Å². The molecule has 0 atom stereocenters. The molecule has 1 amide bonds. The number of anilines is 1. The summed E-state index contributed by atoms with van der Waals surface area (Å²) in [7, 11) is 2.59. The number of benzene rings is 3. The molecule has 2 N–H and O–H groups in total. The van der Waals surface area contributed by atoms with Gasteiger partial charge in [-0.1, -0.05) is 24.3 Å². The Morgan fingerprint density at radius 3 is 2.34 bits per heavy atom. The monoisotopic (exact) mass is 395 g/mol. The standard InChI is InChI=1S/C22H21NO4.CH4O/c1-26-20-10-7-19(8-11-20)23-22(25)15-27-21-9-6-17-5-4-16(3-2-12-24)13-18(17)14-21;1-2/h4-14H,2-3,15H2,1H3,(H,23,25);2H,1H3. The fraction of sp³-hybridized carbons (Fsp3) is 0.217. The van der Waals surface area contributed by atoms with Gasteiger partial charge in [0.2, 0.25) is 0 Å². The summed E-state index contributed by atoms with van der Waals surface area (Å²) < 4.78 is 10.7. The molecule has 29 heavy (non-hydrogen) atoms. The number of fused-ring (bicyclic) bond motifs is 1. The van der Waals surface area contributed by atoms with Crippen LogP contribution in [0.2, 0.25) is 0 Å². The van der Waals surface area contributed by atoms with Crippen molar-refractivity contribution < 1.29 is 24.2 Å². The number of aliphatic hydroxyl groups is 1. The van der Waals surface area contributed by atoms with Gasteiger partial charge in [-0.3, -0.25) is 4.79 Å². The predicted octanol–water partition coefficient (Wildman–Crippen LogP) is 3.61. The van der Waals surface area contributed by atoms with E-state index in [2.05, 4.69) is 5.32 Å². The first-order valence-electron chi connectivity index (χ1n) is 9.16. The number of nitrogens with one attached hydrogen (secondary N) is 1. The lowest BCUT2D eigenvalue weighted by Crippen LogP contribution is -2.20. The molecule has 0 aromatic heterocycles. The molecule has 0 saturated carbocycles. The third-order valence-electron chi connectivity index (χ3n) is 4.17. The largest absolute Gasteiger partial charge is 0.497 e. The maximum Gasteiger partial charge on any atom is 0.262 e. The third kappa shape index (κ3) is 6.62. The van der Waals surface area contributed by atoms with E-state index in [1.54, 1.807) is 31.4 Å². The highest BCUT2D eigenvalue weighted by Crippen LogP contribution is 2.23. The smallest absolute Gasteiger partial charge is 0.262 e. The minimum Gasteiger partial charge on any atom is -0.497 e. The van der Waals surface area contributed by atoms with Gasteiger partial charge in [-0.25, -0.2) is 0 Å². The lowest BCUT2D eigenvalue weighted by molar-refractivity contribution is -0.118. The lowest BCUT2D eigenvalue weighted by Gasteiger charge is -2.09. The quantitative estimate of drug-likeness (QED) is 0.569. The molecule has 0 aliphatic carbocycles. The van der Waals surface area contributed by atoms with Gasteiger partial charge in [-0.2, -0.15) is 0 Å². The van der Waals surface area contributed by atoms with Crippen molar-refractivity contribution in [3.8, 4) is 11.5 Å². The van der Waals surface area contributed by atoms with Crippen LogP contribution in [0.3, 0.4) is 0 Å². The zero-order chi connectivity index (χ0) is 21.1. The Morgan fingerprint density at radius 1 is 0.966 bits per heavy atom. The summed E-state index contributed by atoms with van der Waals surface area (Å²) >= 11 is 0. The van der Waals surface area contributed by atoms with E-state index in [-0.39, 0.29) is 12.5 Å². The highest BCUT2D eigenvalue weighted by molar-refractivity contribution is 5.92.